The number of allylic oxidation sites excluding steroid dienone is 4. The number of carbonyl (C=O) groups excluding carboxylic acids is 1. The van der Waals surface area contributed by atoms with Gasteiger partial charge in [0.1, 0.15) is 0 Å². The van der Waals surface area contributed by atoms with Gasteiger partial charge >= 0.3 is 0 Å². The quantitative estimate of drug-likeness (QED) is 0.345. The van der Waals surface area contributed by atoms with Gasteiger partial charge in [-0.1, -0.05) is 69.5 Å². The van der Waals surface area contributed by atoms with Crippen LogP contribution in [0, 0.1) is 0 Å². The van der Waals surface area contributed by atoms with Crippen LogP contribution in [0.25, 0.3) is 0 Å². The number of amidine groups is 1. The van der Waals surface area contributed by atoms with Gasteiger partial charge in [0.05, 0.1) is 20.7 Å². The van der Waals surface area contributed by atoms with Gasteiger partial charge in [-0.05, 0) is 36.4 Å². The lowest BCUT2D eigenvalue weighted by Gasteiger charge is -2.08. The van der Waals surface area contributed by atoms with E-state index in [9.17, 15) is 13.2 Å². The van der Waals surface area contributed by atoms with Crippen molar-refractivity contribution in [3.05, 3.63) is 86.9 Å². The van der Waals surface area contributed by atoms with Crippen LogP contribution in [0.3, 0.4) is 0 Å². The van der Waals surface area contributed by atoms with Crippen molar-refractivity contribution in [3.8, 4) is 0 Å². The third-order valence-electron chi connectivity index (χ3n) is 3.57. The first-order valence-electron chi connectivity index (χ1n) is 7.80. The molecule has 0 saturated carbocycles. The highest BCUT2D eigenvalue weighted by molar-refractivity contribution is 9.10. The van der Waals surface area contributed by atoms with Crippen LogP contribution in [0.5, 0.6) is 0 Å². The van der Waals surface area contributed by atoms with Gasteiger partial charge in [0.25, 0.3) is 10.0 Å². The monoisotopic (exact) mass is 496 g/mol. The molecule has 5 nitrogen and oxygen atoms in total. The topological polar surface area (TPSA) is 75.9 Å². The molecule has 0 fully saturated rings. The molecule has 9 heteroatoms. The highest BCUT2D eigenvalue weighted by atomic mass is 79.9. The maximum Gasteiger partial charge on any atom is 0.284 e. The van der Waals surface area contributed by atoms with Crippen LogP contribution in [0.1, 0.15) is 5.56 Å². The highest BCUT2D eigenvalue weighted by Gasteiger charge is 2.19. The van der Waals surface area contributed by atoms with Crippen molar-refractivity contribution in [2.24, 2.45) is 9.39 Å². The Morgan fingerprint density at radius 2 is 1.46 bits per heavy atom. The number of rotatable bonds is 3. The van der Waals surface area contributed by atoms with Crippen LogP contribution < -0.4 is 0 Å². The number of nitrogens with zero attached hydrogens (tertiary/aromatic N) is 2. The lowest BCUT2D eigenvalue weighted by molar-refractivity contribution is -0.111. The Morgan fingerprint density at radius 1 is 0.893 bits per heavy atom. The lowest BCUT2D eigenvalue weighted by atomic mass is 10.1. The largest absolute Gasteiger partial charge is 0.287 e. The van der Waals surface area contributed by atoms with E-state index in [-0.39, 0.29) is 26.5 Å². The summed E-state index contributed by atoms with van der Waals surface area (Å²) in [5.74, 6) is -0.586. The molecule has 2 aromatic rings. The Balaban J connectivity index is 2.14. The van der Waals surface area contributed by atoms with Crippen molar-refractivity contribution < 1.29 is 13.2 Å². The predicted octanol–water partition coefficient (Wildman–Crippen LogP) is 4.85. The van der Waals surface area contributed by atoms with E-state index in [2.05, 4.69) is 25.3 Å². The molecule has 0 amide bonds. The molecule has 2 aromatic carbocycles. The van der Waals surface area contributed by atoms with Crippen molar-refractivity contribution in [2.45, 2.75) is 4.90 Å². The maximum absolute atomic E-state index is 12.7. The number of halogens is 3. The van der Waals surface area contributed by atoms with Crippen molar-refractivity contribution in [2.75, 3.05) is 0 Å². The third kappa shape index (κ3) is 4.86. The minimum Gasteiger partial charge on any atom is -0.287 e. The fourth-order valence-corrected chi connectivity index (χ4v) is 3.93. The first kappa shape index (κ1) is 20.7. The molecule has 0 unspecified atom stereocenters. The second kappa shape index (κ2) is 8.53. The summed E-state index contributed by atoms with van der Waals surface area (Å²) in [5.41, 5.74) is 0.685. The van der Waals surface area contributed by atoms with Gasteiger partial charge < -0.3 is 0 Å². The molecule has 0 saturated heterocycles. The Bertz CT molecular complexity index is 1130. The van der Waals surface area contributed by atoms with E-state index in [0.717, 1.165) is 4.47 Å². The van der Waals surface area contributed by atoms with Crippen molar-refractivity contribution in [3.63, 3.8) is 0 Å². The molecule has 0 radical (unpaired) electrons. The smallest absolute Gasteiger partial charge is 0.284 e. The van der Waals surface area contributed by atoms with Gasteiger partial charge in [-0.25, -0.2) is 4.99 Å². The zero-order chi connectivity index (χ0) is 20.3. The lowest BCUT2D eigenvalue weighted by Crippen LogP contribution is -2.11. The number of sulfonamides is 1. The molecule has 1 aliphatic rings. The Morgan fingerprint density at radius 3 is 2.04 bits per heavy atom. The van der Waals surface area contributed by atoms with Gasteiger partial charge in [0.2, 0.25) is 5.78 Å². The molecule has 0 aliphatic heterocycles. The fraction of sp³-hybridized carbons (Fsp3) is 0. The average Bonchev–Trinajstić information content (AvgIpc) is 2.66. The molecule has 0 aromatic heterocycles. The molecule has 0 bridgehead atoms. The summed E-state index contributed by atoms with van der Waals surface area (Å²) in [5, 5.41) is -0.233. The van der Waals surface area contributed by atoms with E-state index < -0.39 is 15.8 Å². The molecule has 0 atom stereocenters. The molecular weight excluding hydrogens is 487 g/mol. The van der Waals surface area contributed by atoms with Gasteiger partial charge in [-0.2, -0.15) is 8.42 Å². The van der Waals surface area contributed by atoms with Crippen LogP contribution in [0.15, 0.2) is 95.6 Å². The second-order valence-electron chi connectivity index (χ2n) is 5.56. The number of benzene rings is 2. The summed E-state index contributed by atoms with van der Waals surface area (Å²) < 4.78 is 30.1. The second-order valence-corrected chi connectivity index (χ2v) is 8.89. The molecule has 0 heterocycles. The number of carbonyl (C=O) groups is 1. The van der Waals surface area contributed by atoms with Crippen LogP contribution in [0.4, 0.5) is 0 Å². The van der Waals surface area contributed by atoms with E-state index in [4.69, 9.17) is 23.2 Å². The highest BCUT2D eigenvalue weighted by Crippen LogP contribution is 2.21. The third-order valence-corrected chi connectivity index (χ3v) is 5.94. The van der Waals surface area contributed by atoms with E-state index in [1.165, 1.54) is 24.3 Å². The van der Waals surface area contributed by atoms with Gasteiger partial charge in [-0.15, -0.1) is 4.40 Å². The number of aliphatic imine (C=N–C) groups is 1. The maximum atomic E-state index is 12.7. The Hall–Kier alpha value is -2.06. The first-order chi connectivity index (χ1) is 13.3. The van der Waals surface area contributed by atoms with Crippen molar-refractivity contribution >= 4 is 66.5 Å². The van der Waals surface area contributed by atoms with Crippen molar-refractivity contribution in [1.29, 1.82) is 0 Å². The predicted molar refractivity (Wildman–Crippen MR) is 115 cm³/mol. The Labute approximate surface area is 180 Å². The number of Topliss-reactive ketones (excluding diaryl/α,β-unsaturated/α-hetero) is 1. The van der Waals surface area contributed by atoms with Gasteiger partial charge in [-0.3, -0.25) is 4.79 Å². The zero-order valence-electron chi connectivity index (χ0n) is 14.0. The molecular formula is C19H11BrCl2N2O3S. The van der Waals surface area contributed by atoms with E-state index in [1.807, 2.05) is 0 Å². The SMILES string of the molecule is O=C1C(Cl)=CC(=NC(=NS(=O)(=O)c2ccc(Br)cc2)c2ccccc2)C=C1Cl. The van der Waals surface area contributed by atoms with E-state index in [0.29, 0.717) is 5.56 Å². The van der Waals surface area contributed by atoms with Crippen LogP contribution >= 0.6 is 39.1 Å². The van der Waals surface area contributed by atoms with Crippen LogP contribution in [-0.2, 0) is 14.8 Å². The van der Waals surface area contributed by atoms with Crippen molar-refractivity contribution in [1.82, 2.24) is 0 Å². The Kier molecular flexibility index (Phi) is 6.30. The number of ketones is 1. The average molecular weight is 498 g/mol. The summed E-state index contributed by atoms with van der Waals surface area (Å²) in [4.78, 5) is 16.0. The summed E-state index contributed by atoms with van der Waals surface area (Å²) in [6, 6.07) is 14.7. The standard InChI is InChI=1S/C19H11BrCl2N2O3S/c20-13-6-8-15(9-7-13)28(26,27)24-19(12-4-2-1-3-5-12)23-14-10-16(21)18(25)17(22)11-14/h1-11H. The first-order valence-corrected chi connectivity index (χ1v) is 10.8. The molecule has 1 aliphatic carbocycles. The molecule has 0 N–H and O–H groups in total. The van der Waals surface area contributed by atoms with E-state index >= 15 is 0 Å². The van der Waals surface area contributed by atoms with E-state index in [1.54, 1.807) is 42.5 Å². The van der Waals surface area contributed by atoms with Crippen LogP contribution in [-0.4, -0.2) is 25.7 Å². The normalized spacial score (nSPS) is 15.2. The van der Waals surface area contributed by atoms with Gasteiger partial charge in [0.15, 0.2) is 5.84 Å². The summed E-state index contributed by atoms with van der Waals surface area (Å²) in [6.07, 6.45) is 2.61. The number of hydrogen-bond donors (Lipinski definition) is 0. The minimum absolute atomic E-state index is 0.0188. The molecule has 28 heavy (non-hydrogen) atoms. The fourth-order valence-electron chi connectivity index (χ4n) is 2.23. The number of hydrogen-bond acceptors (Lipinski definition) is 3. The summed E-state index contributed by atoms with van der Waals surface area (Å²) in [6.45, 7) is 0. The molecule has 142 valence electrons. The zero-order valence-corrected chi connectivity index (χ0v) is 17.9. The molecule has 0 spiro atoms. The minimum atomic E-state index is -4.03. The summed E-state index contributed by atoms with van der Waals surface area (Å²) >= 11 is 15.0. The van der Waals surface area contributed by atoms with Crippen LogP contribution in [0.2, 0.25) is 0 Å². The van der Waals surface area contributed by atoms with Gasteiger partial charge in [0, 0.05) is 10.0 Å². The molecule has 3 rings (SSSR count). The summed E-state index contributed by atoms with van der Waals surface area (Å²) in [7, 11) is -4.03.